The molecule has 0 saturated heterocycles. The topological polar surface area (TPSA) is 56.5 Å². The smallest absolute Gasteiger partial charge is 0.356 e. The molecule has 0 aliphatic rings. The second kappa shape index (κ2) is 10.2. The Bertz CT molecular complexity index is 1350. The molecular formula is C29H35N3O2Si. The zero-order chi connectivity index (χ0) is 25.2. The highest BCUT2D eigenvalue weighted by Gasteiger charge is 2.26. The van der Waals surface area contributed by atoms with E-state index in [0.717, 1.165) is 52.9 Å². The van der Waals surface area contributed by atoms with Crippen LogP contribution in [-0.2, 0) is 17.6 Å². The summed E-state index contributed by atoms with van der Waals surface area (Å²) in [7, 11) is -0.270. The van der Waals surface area contributed by atoms with Crippen LogP contribution in [0, 0.1) is 6.92 Å². The first-order valence-corrected chi connectivity index (χ1v) is 15.9. The van der Waals surface area contributed by atoms with Crippen molar-refractivity contribution in [3.05, 3.63) is 82.7 Å². The molecule has 0 saturated carbocycles. The molecule has 0 atom stereocenters. The molecule has 0 aliphatic heterocycles. The maximum absolute atomic E-state index is 12.4. The molecule has 0 unspecified atom stereocenters. The number of ether oxygens (including phenoxy) is 1. The van der Waals surface area contributed by atoms with Crippen molar-refractivity contribution in [2.24, 2.45) is 0 Å². The van der Waals surface area contributed by atoms with Gasteiger partial charge in [-0.3, -0.25) is 0 Å². The van der Waals surface area contributed by atoms with Crippen molar-refractivity contribution in [3.63, 3.8) is 0 Å². The zero-order valence-corrected chi connectivity index (χ0v) is 22.7. The normalized spacial score (nSPS) is 11.7. The van der Waals surface area contributed by atoms with E-state index in [1.807, 2.05) is 24.3 Å². The first-order valence-electron chi connectivity index (χ1n) is 12.4. The fourth-order valence-electron chi connectivity index (χ4n) is 4.82. The Morgan fingerprint density at radius 1 is 1.06 bits per heavy atom. The Morgan fingerprint density at radius 2 is 1.80 bits per heavy atom. The van der Waals surface area contributed by atoms with Crippen LogP contribution in [0.4, 0.5) is 0 Å². The van der Waals surface area contributed by atoms with E-state index in [4.69, 9.17) is 14.8 Å². The highest BCUT2D eigenvalue weighted by molar-refractivity contribution is 6.88. The van der Waals surface area contributed by atoms with E-state index in [-0.39, 0.29) is 0 Å². The van der Waals surface area contributed by atoms with E-state index in [1.54, 1.807) is 0 Å². The van der Waals surface area contributed by atoms with Crippen molar-refractivity contribution < 1.29 is 9.53 Å². The van der Waals surface area contributed by atoms with E-state index in [2.05, 4.69) is 68.3 Å². The molecule has 182 valence electrons. The van der Waals surface area contributed by atoms with Gasteiger partial charge in [-0.25, -0.2) is 14.3 Å². The van der Waals surface area contributed by atoms with Gasteiger partial charge in [0.05, 0.1) is 18.3 Å². The summed E-state index contributed by atoms with van der Waals surface area (Å²) >= 11 is 0. The number of pyridine rings is 2. The van der Waals surface area contributed by atoms with Crippen LogP contribution in [0.15, 0.2) is 54.6 Å². The molecule has 3 heterocycles. The third kappa shape index (κ3) is 5.22. The molecule has 0 fully saturated rings. The van der Waals surface area contributed by atoms with Crippen molar-refractivity contribution in [2.75, 3.05) is 7.11 Å². The van der Waals surface area contributed by atoms with E-state index in [0.29, 0.717) is 12.1 Å². The molecule has 6 heteroatoms. The molecule has 3 aromatic heterocycles. The molecule has 4 rings (SSSR count). The van der Waals surface area contributed by atoms with Crippen LogP contribution in [-0.4, -0.2) is 35.8 Å². The van der Waals surface area contributed by atoms with Gasteiger partial charge in [-0.05, 0) is 49.1 Å². The van der Waals surface area contributed by atoms with Gasteiger partial charge >= 0.3 is 5.97 Å². The maximum Gasteiger partial charge on any atom is 0.356 e. The average Bonchev–Trinajstić information content (AvgIpc) is 3.19. The molecule has 4 aromatic rings. The molecule has 0 N–H and O–H groups in total. The van der Waals surface area contributed by atoms with Gasteiger partial charge in [0, 0.05) is 28.6 Å². The average molecular weight is 486 g/mol. The fourth-order valence-corrected chi connectivity index (χ4v) is 6.90. The third-order valence-corrected chi connectivity index (χ3v) is 8.39. The van der Waals surface area contributed by atoms with Crippen LogP contribution >= 0.6 is 0 Å². The number of carbonyl (C=O) groups is 1. The minimum absolute atomic E-state index is 0.368. The summed E-state index contributed by atoms with van der Waals surface area (Å²) in [6, 6.07) is 18.7. The van der Waals surface area contributed by atoms with E-state index >= 15 is 0 Å². The summed E-state index contributed by atoms with van der Waals surface area (Å²) in [4.78, 5) is 17.1. The van der Waals surface area contributed by atoms with E-state index in [1.165, 1.54) is 18.0 Å². The SMILES string of the molecule is CCCCc1cc(Cc2c(-c3ccccc3)nn3c([Si](C)(C)C)c(C)ccc23)nc(C(=O)OC)c1. The molecular weight excluding hydrogens is 450 g/mol. The molecule has 0 aliphatic carbocycles. The number of hydrogen-bond acceptors (Lipinski definition) is 4. The standard InChI is InChI=1S/C29H35N3O2Si/c1-7-8-12-21-17-23(30-25(18-21)29(33)34-3)19-24-26-16-15-20(2)28(35(4,5)6)32(26)31-27(24)22-13-10-9-11-14-22/h9-11,13-18H,7-8,12,19H2,1-6H3. The van der Waals surface area contributed by atoms with Crippen LogP contribution in [0.3, 0.4) is 0 Å². The maximum atomic E-state index is 12.4. The largest absolute Gasteiger partial charge is 0.464 e. The number of benzene rings is 1. The Kier molecular flexibility index (Phi) is 7.22. The summed E-state index contributed by atoms with van der Waals surface area (Å²) in [6.45, 7) is 11.4. The lowest BCUT2D eigenvalue weighted by atomic mass is 10.00. The lowest BCUT2D eigenvalue weighted by molar-refractivity contribution is 0.0593. The molecule has 1 aromatic carbocycles. The second-order valence-corrected chi connectivity index (χ2v) is 15.2. The van der Waals surface area contributed by atoms with Gasteiger partial charge in [0.1, 0.15) is 13.8 Å². The second-order valence-electron chi connectivity index (χ2n) is 10.2. The highest BCUT2D eigenvalue weighted by atomic mass is 28.3. The van der Waals surface area contributed by atoms with Crippen molar-refractivity contribution in [1.29, 1.82) is 0 Å². The Balaban J connectivity index is 1.93. The lowest BCUT2D eigenvalue weighted by Gasteiger charge is -2.20. The number of hydrogen-bond donors (Lipinski definition) is 0. The first kappa shape index (κ1) is 24.9. The molecule has 5 nitrogen and oxygen atoms in total. The number of methoxy groups -OCH3 is 1. The predicted octanol–water partition coefficient (Wildman–Crippen LogP) is 5.97. The monoisotopic (exact) mass is 485 g/mol. The quantitative estimate of drug-likeness (QED) is 0.228. The summed E-state index contributed by atoms with van der Waals surface area (Å²) in [6.07, 6.45) is 3.66. The van der Waals surface area contributed by atoms with Crippen LogP contribution in [0.25, 0.3) is 16.8 Å². The number of unbranched alkanes of at least 4 members (excludes halogenated alkanes) is 1. The van der Waals surface area contributed by atoms with Crippen LogP contribution < -0.4 is 5.32 Å². The van der Waals surface area contributed by atoms with Gasteiger partial charge in [0.25, 0.3) is 0 Å². The molecule has 0 radical (unpaired) electrons. The third-order valence-electron chi connectivity index (χ3n) is 6.37. The number of rotatable bonds is 8. The Morgan fingerprint density at radius 3 is 2.46 bits per heavy atom. The lowest BCUT2D eigenvalue weighted by Crippen LogP contribution is -2.44. The van der Waals surface area contributed by atoms with Gasteiger partial charge in [0.15, 0.2) is 0 Å². The number of aromatic nitrogens is 3. The minimum atomic E-state index is -1.67. The van der Waals surface area contributed by atoms with Gasteiger partial charge in [0.2, 0.25) is 0 Å². The Labute approximate surface area is 209 Å². The van der Waals surface area contributed by atoms with E-state index in [9.17, 15) is 4.79 Å². The highest BCUT2D eigenvalue weighted by Crippen LogP contribution is 2.29. The fraction of sp³-hybridized carbons (Fsp3) is 0.345. The van der Waals surface area contributed by atoms with Crippen molar-refractivity contribution in [2.45, 2.75) is 59.2 Å². The van der Waals surface area contributed by atoms with Gasteiger partial charge in [-0.2, -0.15) is 5.10 Å². The van der Waals surface area contributed by atoms with Crippen LogP contribution in [0.5, 0.6) is 0 Å². The predicted molar refractivity (Wildman–Crippen MR) is 145 cm³/mol. The van der Waals surface area contributed by atoms with Crippen molar-refractivity contribution in [3.8, 4) is 11.3 Å². The number of carbonyl (C=O) groups excluding carboxylic acids is 1. The number of nitrogens with zero attached hydrogens (tertiary/aromatic N) is 3. The van der Waals surface area contributed by atoms with Crippen LogP contribution in [0.2, 0.25) is 19.6 Å². The van der Waals surface area contributed by atoms with Gasteiger partial charge < -0.3 is 4.74 Å². The zero-order valence-electron chi connectivity index (χ0n) is 21.7. The molecule has 35 heavy (non-hydrogen) atoms. The number of fused-ring (bicyclic) bond motifs is 1. The van der Waals surface area contributed by atoms with Crippen LogP contribution in [0.1, 0.15) is 52.6 Å². The van der Waals surface area contributed by atoms with Gasteiger partial charge in [-0.1, -0.05) is 69.4 Å². The van der Waals surface area contributed by atoms with E-state index < -0.39 is 14.0 Å². The Hall–Kier alpha value is -3.25. The summed E-state index contributed by atoms with van der Waals surface area (Å²) in [5.41, 5.74) is 7.91. The summed E-state index contributed by atoms with van der Waals surface area (Å²) in [5.74, 6) is -0.399. The number of aryl methyl sites for hydroxylation is 2. The van der Waals surface area contributed by atoms with Gasteiger partial charge in [-0.15, -0.1) is 0 Å². The summed E-state index contributed by atoms with van der Waals surface area (Å²) in [5, 5.41) is 6.52. The molecule has 0 amide bonds. The molecule has 0 bridgehead atoms. The van der Waals surface area contributed by atoms with Crippen molar-refractivity contribution >= 4 is 24.9 Å². The van der Waals surface area contributed by atoms with Crippen molar-refractivity contribution in [1.82, 2.24) is 14.6 Å². The minimum Gasteiger partial charge on any atom is -0.464 e. The summed E-state index contributed by atoms with van der Waals surface area (Å²) < 4.78 is 7.17. The first-order chi connectivity index (χ1) is 16.7. The molecule has 0 spiro atoms. The number of esters is 1.